The Bertz CT molecular complexity index is 953. The number of nitrogens with one attached hydrogen (secondary N) is 1. The molecule has 0 fully saturated rings. The van der Waals surface area contributed by atoms with Gasteiger partial charge >= 0.3 is 0 Å². The molecule has 0 bridgehead atoms. The Morgan fingerprint density at radius 2 is 1.81 bits per heavy atom. The van der Waals surface area contributed by atoms with E-state index in [4.69, 9.17) is 1.37 Å². The minimum Gasteiger partial charge on any atom is -0.322 e. The highest BCUT2D eigenvalue weighted by molar-refractivity contribution is 7.92. The molecule has 1 unspecified atom stereocenters. The van der Waals surface area contributed by atoms with E-state index in [0.29, 0.717) is 18.5 Å². The molecule has 2 aromatic rings. The van der Waals surface area contributed by atoms with Gasteiger partial charge in [0.2, 0.25) is 0 Å². The van der Waals surface area contributed by atoms with Gasteiger partial charge in [0, 0.05) is 11.3 Å². The molecular weight excluding hydrogens is 358 g/mol. The molecule has 0 spiro atoms. The molecule has 0 aliphatic rings. The van der Waals surface area contributed by atoms with E-state index in [-0.39, 0.29) is 16.9 Å². The molecule has 0 saturated carbocycles. The summed E-state index contributed by atoms with van der Waals surface area (Å²) in [6, 6.07) is 14.9. The van der Waals surface area contributed by atoms with Gasteiger partial charge in [0.25, 0.3) is 5.91 Å². The lowest BCUT2D eigenvalue weighted by atomic mass is 10.1. The topological polar surface area (TPSA) is 63.2 Å². The van der Waals surface area contributed by atoms with Gasteiger partial charge in [-0.3, -0.25) is 4.79 Å². The Morgan fingerprint density at radius 3 is 2.41 bits per heavy atom. The number of unbranched alkanes of at least 4 members (excludes halogenated alkanes) is 1. The van der Waals surface area contributed by atoms with Crippen LogP contribution >= 0.6 is 0 Å². The van der Waals surface area contributed by atoms with Crippen LogP contribution in [0.2, 0.25) is 0 Å². The smallest absolute Gasteiger partial charge is 0.252 e. The van der Waals surface area contributed by atoms with Crippen LogP contribution in [0.25, 0.3) is 0 Å². The van der Waals surface area contributed by atoms with Crippen LogP contribution in [0.4, 0.5) is 5.69 Å². The summed E-state index contributed by atoms with van der Waals surface area (Å²) in [5, 5.41) is 0.451. The maximum atomic E-state index is 13.3. The Morgan fingerprint density at radius 1 is 1.19 bits per heavy atom. The van der Waals surface area contributed by atoms with Crippen LogP contribution in [0.5, 0.6) is 0 Å². The molecule has 1 amide bonds. The van der Waals surface area contributed by atoms with Crippen molar-refractivity contribution < 1.29 is 14.6 Å². The van der Waals surface area contributed by atoms with Crippen molar-refractivity contribution in [2.45, 2.75) is 36.3 Å². The van der Waals surface area contributed by atoms with Crippen molar-refractivity contribution in [3.63, 3.8) is 0 Å². The van der Waals surface area contributed by atoms with Gasteiger partial charge in [0.15, 0.2) is 9.84 Å². The molecule has 142 valence electrons. The predicted octanol–water partition coefficient (Wildman–Crippen LogP) is 4.69. The lowest BCUT2D eigenvalue weighted by Crippen LogP contribution is -2.30. The quantitative estimate of drug-likeness (QED) is 0.388. The fourth-order valence-electron chi connectivity index (χ4n) is 2.57. The fraction of sp³-hybridized carbons (Fsp3) is 0.227. The zero-order valence-corrected chi connectivity index (χ0v) is 16.3. The molecule has 1 atom stereocenters. The summed E-state index contributed by atoms with van der Waals surface area (Å²) in [5.74, 6) is -0.685. The first-order valence-electron chi connectivity index (χ1n) is 9.20. The number of para-hydroxylation sites is 1. The Hall–Kier alpha value is -2.66. The van der Waals surface area contributed by atoms with Crippen LogP contribution in [-0.4, -0.2) is 19.6 Å². The second kappa shape index (κ2) is 9.33. The lowest BCUT2D eigenvalue weighted by molar-refractivity contribution is -0.112. The first-order chi connectivity index (χ1) is 13.2. The summed E-state index contributed by atoms with van der Waals surface area (Å²) in [4.78, 5) is 12.7. The van der Waals surface area contributed by atoms with Crippen molar-refractivity contribution in [3.8, 4) is 0 Å². The van der Waals surface area contributed by atoms with Crippen LogP contribution in [0.3, 0.4) is 0 Å². The number of hydrogen-bond donors (Lipinski definition) is 1. The Balaban J connectivity index is 2.40. The van der Waals surface area contributed by atoms with E-state index in [1.165, 1.54) is 12.1 Å². The van der Waals surface area contributed by atoms with Gasteiger partial charge in [-0.25, -0.2) is 8.42 Å². The lowest BCUT2D eigenvalue weighted by Gasteiger charge is -2.20. The highest BCUT2D eigenvalue weighted by Crippen LogP contribution is 2.26. The number of hydrogen-bond acceptors (Lipinski definition) is 3. The number of benzene rings is 2. The molecule has 0 heterocycles. The first-order valence-corrected chi connectivity index (χ1v) is 10.2. The highest BCUT2D eigenvalue weighted by Gasteiger charge is 2.32. The SMILES string of the molecule is [2H]C(CCCC=C)(C(=C)C(=O)Nc1ccccc1)S(=O)(=O)c1ccc(C)cc1. The van der Waals surface area contributed by atoms with Gasteiger partial charge in [-0.1, -0.05) is 48.6 Å². The largest absolute Gasteiger partial charge is 0.322 e. The number of allylic oxidation sites excluding steroid dienone is 1. The van der Waals surface area contributed by atoms with E-state index in [9.17, 15) is 13.2 Å². The van der Waals surface area contributed by atoms with Gasteiger partial charge < -0.3 is 5.32 Å². The highest BCUT2D eigenvalue weighted by atomic mass is 32.2. The summed E-state index contributed by atoms with van der Waals surface area (Å²) in [7, 11) is -4.16. The van der Waals surface area contributed by atoms with Crippen LogP contribution < -0.4 is 5.32 Å². The molecule has 0 aromatic heterocycles. The molecule has 0 aliphatic heterocycles. The molecule has 0 aliphatic carbocycles. The predicted molar refractivity (Wildman–Crippen MR) is 110 cm³/mol. The van der Waals surface area contributed by atoms with Gasteiger partial charge in [-0.05, 0) is 50.5 Å². The summed E-state index contributed by atoms with van der Waals surface area (Å²) < 4.78 is 35.4. The normalized spacial score (nSPS) is 13.9. The van der Waals surface area contributed by atoms with Crippen molar-refractivity contribution in [2.75, 3.05) is 5.32 Å². The Kier molecular flexibility index (Phi) is 6.60. The minimum absolute atomic E-state index is 0.000337. The van der Waals surface area contributed by atoms with E-state index in [1.54, 1.807) is 48.5 Å². The molecule has 2 aromatic carbocycles. The maximum Gasteiger partial charge on any atom is 0.252 e. The van der Waals surface area contributed by atoms with Crippen molar-refractivity contribution in [1.82, 2.24) is 0 Å². The van der Waals surface area contributed by atoms with Crippen molar-refractivity contribution >= 4 is 21.4 Å². The van der Waals surface area contributed by atoms with Gasteiger partial charge in [0.05, 0.1) is 11.5 Å². The molecule has 4 nitrogen and oxygen atoms in total. The van der Waals surface area contributed by atoms with Crippen molar-refractivity contribution in [2.24, 2.45) is 0 Å². The van der Waals surface area contributed by atoms with Crippen LogP contribution in [-0.2, 0) is 14.6 Å². The van der Waals surface area contributed by atoms with Crippen molar-refractivity contribution in [1.29, 1.82) is 0 Å². The summed E-state index contributed by atoms with van der Waals surface area (Å²) in [6.07, 6.45) is 2.54. The first kappa shape index (κ1) is 19.1. The average molecular weight is 385 g/mol. The second-order valence-corrected chi connectivity index (χ2v) is 8.19. The second-order valence-electron chi connectivity index (χ2n) is 6.22. The third-order valence-electron chi connectivity index (χ3n) is 4.11. The third kappa shape index (κ3) is 5.41. The number of carbonyl (C=O) groups is 1. The van der Waals surface area contributed by atoms with Gasteiger partial charge in [-0.2, -0.15) is 0 Å². The van der Waals surface area contributed by atoms with Crippen LogP contribution in [0.15, 0.2) is 84.3 Å². The molecule has 0 saturated heterocycles. The van der Waals surface area contributed by atoms with Crippen molar-refractivity contribution in [3.05, 3.63) is 85.0 Å². The van der Waals surface area contributed by atoms with E-state index < -0.39 is 21.0 Å². The van der Waals surface area contributed by atoms with E-state index in [0.717, 1.165) is 5.56 Å². The number of rotatable bonds is 9. The number of amides is 1. The molecule has 0 radical (unpaired) electrons. The third-order valence-corrected chi connectivity index (χ3v) is 6.10. The molecule has 2 rings (SSSR count). The molecule has 1 N–H and O–H groups in total. The zero-order chi connectivity index (χ0) is 20.8. The molecule has 27 heavy (non-hydrogen) atoms. The summed E-state index contributed by atoms with van der Waals surface area (Å²) >= 11 is 0. The molecule has 5 heteroatoms. The summed E-state index contributed by atoms with van der Waals surface area (Å²) in [6.45, 7) is 9.19. The summed E-state index contributed by atoms with van der Waals surface area (Å²) in [5.41, 5.74) is 1.11. The Labute approximate surface area is 163 Å². The zero-order valence-electron chi connectivity index (χ0n) is 16.4. The number of anilines is 1. The van der Waals surface area contributed by atoms with E-state index in [2.05, 4.69) is 18.5 Å². The maximum absolute atomic E-state index is 13.3. The minimum atomic E-state index is -4.16. The van der Waals surface area contributed by atoms with E-state index >= 15 is 0 Å². The fourth-order valence-corrected chi connectivity index (χ4v) is 4.18. The number of aryl methyl sites for hydroxylation is 1. The van der Waals surface area contributed by atoms with Gasteiger partial charge in [-0.15, -0.1) is 6.58 Å². The average Bonchev–Trinajstić information content (AvgIpc) is 2.68. The monoisotopic (exact) mass is 384 g/mol. The standard InChI is InChI=1S/C22H25NO3S/c1-4-5-7-12-21(27(25,26)20-15-13-17(2)14-16-20)18(3)22(24)23-19-10-8-6-9-11-19/h4,6,8-11,13-16,21H,1,3,5,7,12H2,2H3,(H,23,24)/i21D. The van der Waals surface area contributed by atoms with Crippen LogP contribution in [0.1, 0.15) is 26.2 Å². The number of sulfone groups is 1. The van der Waals surface area contributed by atoms with Crippen LogP contribution in [0, 0.1) is 6.92 Å². The molecular formula is C22H25NO3S. The number of carbonyl (C=O) groups excluding carboxylic acids is 1. The van der Waals surface area contributed by atoms with E-state index in [1.807, 2.05) is 6.92 Å². The van der Waals surface area contributed by atoms with Gasteiger partial charge in [0.1, 0.15) is 0 Å².